The van der Waals surface area contributed by atoms with Crippen LogP contribution in [0.1, 0.15) is 10.4 Å². The number of anilines is 3. The second-order valence-corrected chi connectivity index (χ2v) is 4.29. The lowest BCUT2D eigenvalue weighted by Crippen LogP contribution is -2.02. The summed E-state index contributed by atoms with van der Waals surface area (Å²) in [5, 5.41) is 11.9. The van der Waals surface area contributed by atoms with Crippen molar-refractivity contribution >= 4 is 34.6 Å². The van der Waals surface area contributed by atoms with E-state index in [1.54, 1.807) is 0 Å². The lowest BCUT2D eigenvalue weighted by atomic mass is 10.1. The molecule has 0 aromatic heterocycles. The first-order chi connectivity index (χ1) is 8.97. The molecular formula is C13H10ClFN2O2. The maximum atomic E-state index is 13.6. The van der Waals surface area contributed by atoms with E-state index in [-0.39, 0.29) is 16.3 Å². The standard InChI is InChI=1S/C13H10ClFN2O2/c14-8-2-4-11(9(15)6-8)17-12-5-7(13(18)19)1-3-10(12)16/h1-6,17H,16H2,(H,18,19). The molecule has 0 aliphatic heterocycles. The number of benzene rings is 2. The highest BCUT2D eigenvalue weighted by molar-refractivity contribution is 6.30. The minimum atomic E-state index is -1.08. The number of hydrogen-bond donors (Lipinski definition) is 3. The Labute approximate surface area is 113 Å². The molecule has 0 aliphatic carbocycles. The van der Waals surface area contributed by atoms with Crippen LogP contribution >= 0.6 is 11.6 Å². The summed E-state index contributed by atoms with van der Waals surface area (Å²) < 4.78 is 13.6. The second kappa shape index (κ2) is 5.16. The molecule has 98 valence electrons. The molecule has 19 heavy (non-hydrogen) atoms. The molecule has 0 amide bonds. The van der Waals surface area contributed by atoms with Crippen LogP contribution in [0.3, 0.4) is 0 Å². The van der Waals surface area contributed by atoms with Crippen molar-refractivity contribution in [2.24, 2.45) is 0 Å². The molecule has 2 aromatic carbocycles. The minimum absolute atomic E-state index is 0.0612. The van der Waals surface area contributed by atoms with Crippen LogP contribution in [-0.2, 0) is 0 Å². The third-order valence-electron chi connectivity index (χ3n) is 2.50. The molecule has 0 atom stereocenters. The maximum Gasteiger partial charge on any atom is 0.335 e. The van der Waals surface area contributed by atoms with Gasteiger partial charge >= 0.3 is 5.97 Å². The zero-order valence-corrected chi connectivity index (χ0v) is 10.4. The van der Waals surface area contributed by atoms with Gasteiger partial charge in [0.25, 0.3) is 0 Å². The van der Waals surface area contributed by atoms with Gasteiger partial charge in [-0.2, -0.15) is 0 Å². The minimum Gasteiger partial charge on any atom is -0.478 e. The second-order valence-electron chi connectivity index (χ2n) is 3.86. The summed E-state index contributed by atoms with van der Waals surface area (Å²) in [4.78, 5) is 10.9. The van der Waals surface area contributed by atoms with Gasteiger partial charge in [-0.3, -0.25) is 0 Å². The molecule has 4 N–H and O–H groups in total. The number of nitrogen functional groups attached to an aromatic ring is 1. The van der Waals surface area contributed by atoms with Crippen LogP contribution < -0.4 is 11.1 Å². The molecule has 2 aromatic rings. The molecule has 0 aliphatic rings. The number of carbonyl (C=O) groups is 1. The quantitative estimate of drug-likeness (QED) is 0.752. The topological polar surface area (TPSA) is 75.4 Å². The van der Waals surface area contributed by atoms with Gasteiger partial charge in [-0.15, -0.1) is 0 Å². The van der Waals surface area contributed by atoms with Gasteiger partial charge in [-0.25, -0.2) is 9.18 Å². The van der Waals surface area contributed by atoms with Crippen molar-refractivity contribution in [3.05, 3.63) is 52.8 Å². The van der Waals surface area contributed by atoms with Gasteiger partial charge in [-0.05, 0) is 36.4 Å². The van der Waals surface area contributed by atoms with Crippen molar-refractivity contribution in [1.29, 1.82) is 0 Å². The zero-order chi connectivity index (χ0) is 14.0. The number of aromatic carboxylic acids is 1. The van der Waals surface area contributed by atoms with Crippen LogP contribution in [0.5, 0.6) is 0 Å². The predicted molar refractivity (Wildman–Crippen MR) is 72.5 cm³/mol. The summed E-state index contributed by atoms with van der Waals surface area (Å²) in [5.74, 6) is -1.63. The summed E-state index contributed by atoms with van der Waals surface area (Å²) in [7, 11) is 0. The molecule has 0 saturated carbocycles. The number of carboxylic acids is 1. The Morgan fingerprint density at radius 1 is 1.21 bits per heavy atom. The Balaban J connectivity index is 2.37. The SMILES string of the molecule is Nc1ccc(C(=O)O)cc1Nc1ccc(Cl)cc1F. The number of carboxylic acid groups (broad SMARTS) is 1. The van der Waals surface area contributed by atoms with E-state index in [0.29, 0.717) is 11.4 Å². The first-order valence-electron chi connectivity index (χ1n) is 5.32. The Bertz CT molecular complexity index is 647. The van der Waals surface area contributed by atoms with Crippen LogP contribution in [0.4, 0.5) is 21.5 Å². The van der Waals surface area contributed by atoms with Crippen LogP contribution in [0.15, 0.2) is 36.4 Å². The fraction of sp³-hybridized carbons (Fsp3) is 0. The van der Waals surface area contributed by atoms with E-state index in [1.165, 1.54) is 30.3 Å². The van der Waals surface area contributed by atoms with Crippen molar-refractivity contribution in [3.63, 3.8) is 0 Å². The summed E-state index contributed by atoms with van der Waals surface area (Å²) in [6.07, 6.45) is 0. The van der Waals surface area contributed by atoms with Gasteiger partial charge in [0, 0.05) is 5.02 Å². The van der Waals surface area contributed by atoms with E-state index >= 15 is 0 Å². The largest absolute Gasteiger partial charge is 0.478 e. The predicted octanol–water partition coefficient (Wildman–Crippen LogP) is 3.50. The number of nitrogens with one attached hydrogen (secondary N) is 1. The lowest BCUT2D eigenvalue weighted by Gasteiger charge is -2.11. The fourth-order valence-corrected chi connectivity index (χ4v) is 1.69. The first kappa shape index (κ1) is 13.2. The van der Waals surface area contributed by atoms with Gasteiger partial charge in [0.05, 0.1) is 22.6 Å². The lowest BCUT2D eigenvalue weighted by molar-refractivity contribution is 0.0697. The molecule has 4 nitrogen and oxygen atoms in total. The van der Waals surface area contributed by atoms with E-state index in [4.69, 9.17) is 22.4 Å². The van der Waals surface area contributed by atoms with Crippen molar-refractivity contribution in [1.82, 2.24) is 0 Å². The number of nitrogens with two attached hydrogens (primary N) is 1. The average molecular weight is 281 g/mol. The summed E-state index contributed by atoms with van der Waals surface area (Å²) in [6.45, 7) is 0. The third kappa shape index (κ3) is 2.95. The first-order valence-corrected chi connectivity index (χ1v) is 5.70. The van der Waals surface area contributed by atoms with Gasteiger partial charge < -0.3 is 16.2 Å². The highest BCUT2D eigenvalue weighted by atomic mass is 35.5. The van der Waals surface area contributed by atoms with Gasteiger partial charge in [0.1, 0.15) is 5.82 Å². The molecule has 0 spiro atoms. The highest BCUT2D eigenvalue weighted by Gasteiger charge is 2.09. The highest BCUT2D eigenvalue weighted by Crippen LogP contribution is 2.27. The Kier molecular flexibility index (Phi) is 3.57. The van der Waals surface area contributed by atoms with Gasteiger partial charge in [0.2, 0.25) is 0 Å². The third-order valence-corrected chi connectivity index (χ3v) is 2.74. The molecule has 0 fully saturated rings. The molecule has 0 radical (unpaired) electrons. The van der Waals surface area contributed by atoms with Crippen LogP contribution in [0.25, 0.3) is 0 Å². The average Bonchev–Trinajstić information content (AvgIpc) is 2.34. The summed E-state index contributed by atoms with van der Waals surface area (Å²) >= 11 is 5.65. The maximum absolute atomic E-state index is 13.6. The smallest absolute Gasteiger partial charge is 0.335 e. The van der Waals surface area contributed by atoms with Crippen molar-refractivity contribution in [2.45, 2.75) is 0 Å². The Morgan fingerprint density at radius 2 is 1.95 bits per heavy atom. The van der Waals surface area contributed by atoms with Crippen LogP contribution in [0, 0.1) is 5.82 Å². The van der Waals surface area contributed by atoms with E-state index in [1.807, 2.05) is 0 Å². The van der Waals surface area contributed by atoms with Crippen molar-refractivity contribution in [3.8, 4) is 0 Å². The fourth-order valence-electron chi connectivity index (χ4n) is 1.53. The zero-order valence-electron chi connectivity index (χ0n) is 9.65. The molecule has 0 bridgehead atoms. The molecular weight excluding hydrogens is 271 g/mol. The Hall–Kier alpha value is -2.27. The van der Waals surface area contributed by atoms with E-state index in [9.17, 15) is 9.18 Å². The molecule has 2 rings (SSSR count). The monoisotopic (exact) mass is 280 g/mol. The number of halogens is 2. The number of hydrogen-bond acceptors (Lipinski definition) is 3. The normalized spacial score (nSPS) is 10.2. The molecule has 6 heteroatoms. The molecule has 0 heterocycles. The molecule has 0 saturated heterocycles. The number of rotatable bonds is 3. The summed E-state index contributed by atoms with van der Waals surface area (Å²) in [5.41, 5.74) is 6.58. The van der Waals surface area contributed by atoms with Gasteiger partial charge in [0.15, 0.2) is 0 Å². The molecule has 0 unspecified atom stereocenters. The van der Waals surface area contributed by atoms with Crippen molar-refractivity contribution < 1.29 is 14.3 Å². The van der Waals surface area contributed by atoms with E-state index in [0.717, 1.165) is 6.07 Å². The van der Waals surface area contributed by atoms with E-state index < -0.39 is 11.8 Å². The van der Waals surface area contributed by atoms with Crippen LogP contribution in [0.2, 0.25) is 5.02 Å². The van der Waals surface area contributed by atoms with Crippen LogP contribution in [-0.4, -0.2) is 11.1 Å². The Morgan fingerprint density at radius 3 is 2.58 bits per heavy atom. The van der Waals surface area contributed by atoms with E-state index in [2.05, 4.69) is 5.32 Å². The summed E-state index contributed by atoms with van der Waals surface area (Å²) in [6, 6.07) is 8.28. The van der Waals surface area contributed by atoms with Gasteiger partial charge in [-0.1, -0.05) is 11.6 Å². The van der Waals surface area contributed by atoms with Crippen molar-refractivity contribution in [2.75, 3.05) is 11.1 Å².